The van der Waals surface area contributed by atoms with Crippen LogP contribution in [0.25, 0.3) is 0 Å². The Balaban J connectivity index is 1.44. The Hall–Kier alpha value is -3.68. The summed E-state index contributed by atoms with van der Waals surface area (Å²) in [5.74, 6) is -1.55. The number of hydrogen-bond donors (Lipinski definition) is 0. The van der Waals surface area contributed by atoms with E-state index in [9.17, 15) is 19.2 Å². The number of carbonyl (C=O) groups excluding carboxylic acids is 4. The Kier molecular flexibility index (Phi) is 6.91. The fraction of sp³-hybridized carbons (Fsp3) is 0.407. The van der Waals surface area contributed by atoms with Crippen molar-refractivity contribution in [3.8, 4) is 11.5 Å². The number of rotatable bonds is 8. The molecule has 8 nitrogen and oxygen atoms in total. The van der Waals surface area contributed by atoms with Gasteiger partial charge in [-0.05, 0) is 63.1 Å². The van der Waals surface area contributed by atoms with Crippen molar-refractivity contribution in [1.29, 1.82) is 0 Å². The molecule has 0 N–H and O–H groups in total. The topological polar surface area (TPSA) is 93.2 Å². The normalized spacial score (nSPS) is 20.5. The summed E-state index contributed by atoms with van der Waals surface area (Å²) in [6, 6.07) is 14.2. The van der Waals surface area contributed by atoms with Crippen LogP contribution < -0.4 is 9.47 Å². The fourth-order valence-corrected chi connectivity index (χ4v) is 4.43. The second kappa shape index (κ2) is 9.90. The SMILES string of the molecule is CC(C)Oc1ccc(C2CC(=O)N(CN3C(=O)CC(c4ccc(OC(C)C)cc4)C3=O)C2=O)cc1. The lowest BCUT2D eigenvalue weighted by Crippen LogP contribution is -2.44. The van der Waals surface area contributed by atoms with Crippen LogP contribution in [-0.4, -0.2) is 52.3 Å². The third kappa shape index (κ3) is 5.21. The van der Waals surface area contributed by atoms with Crippen LogP contribution >= 0.6 is 0 Å². The lowest BCUT2D eigenvalue weighted by Gasteiger charge is -2.22. The summed E-state index contributed by atoms with van der Waals surface area (Å²) in [6.07, 6.45) is 0.0498. The Bertz CT molecular complexity index is 1030. The average molecular weight is 479 g/mol. The molecule has 2 fully saturated rings. The second-order valence-electron chi connectivity index (χ2n) is 9.45. The van der Waals surface area contributed by atoms with Gasteiger partial charge in [0, 0.05) is 12.8 Å². The highest BCUT2D eigenvalue weighted by Crippen LogP contribution is 2.34. The minimum atomic E-state index is -0.646. The van der Waals surface area contributed by atoms with E-state index in [0.717, 1.165) is 9.80 Å². The van der Waals surface area contributed by atoms with E-state index in [2.05, 4.69) is 0 Å². The second-order valence-corrected chi connectivity index (χ2v) is 9.45. The summed E-state index contributed by atoms with van der Waals surface area (Å²) >= 11 is 0. The number of carbonyl (C=O) groups is 4. The van der Waals surface area contributed by atoms with E-state index in [1.54, 1.807) is 48.5 Å². The molecule has 2 aromatic rings. The molecule has 2 heterocycles. The first-order chi connectivity index (χ1) is 16.6. The molecular formula is C27H30N2O6. The van der Waals surface area contributed by atoms with Gasteiger partial charge in [-0.3, -0.25) is 29.0 Å². The van der Waals surface area contributed by atoms with Crippen molar-refractivity contribution in [2.24, 2.45) is 0 Å². The molecule has 184 valence electrons. The fourth-order valence-electron chi connectivity index (χ4n) is 4.43. The highest BCUT2D eigenvalue weighted by molar-refractivity contribution is 6.09. The quantitative estimate of drug-likeness (QED) is 0.538. The highest BCUT2D eigenvalue weighted by atomic mass is 16.5. The molecule has 0 aromatic heterocycles. The molecule has 2 saturated heterocycles. The Morgan fingerprint density at radius 2 is 1.00 bits per heavy atom. The van der Waals surface area contributed by atoms with Gasteiger partial charge in [0.25, 0.3) is 0 Å². The first-order valence-corrected chi connectivity index (χ1v) is 11.9. The molecule has 0 aliphatic carbocycles. The van der Waals surface area contributed by atoms with Gasteiger partial charge in [0.1, 0.15) is 18.2 Å². The van der Waals surface area contributed by atoms with Crippen molar-refractivity contribution in [2.45, 2.75) is 64.6 Å². The molecular weight excluding hydrogens is 448 g/mol. The van der Waals surface area contributed by atoms with Gasteiger partial charge in [-0.1, -0.05) is 24.3 Å². The zero-order chi connectivity index (χ0) is 25.3. The first kappa shape index (κ1) is 24.4. The zero-order valence-corrected chi connectivity index (χ0v) is 20.4. The molecule has 2 aromatic carbocycles. The monoisotopic (exact) mass is 478 g/mol. The van der Waals surface area contributed by atoms with Crippen molar-refractivity contribution in [2.75, 3.05) is 6.67 Å². The molecule has 4 rings (SSSR count). The van der Waals surface area contributed by atoms with Crippen LogP contribution in [0.5, 0.6) is 11.5 Å². The van der Waals surface area contributed by atoms with Crippen LogP contribution in [0.1, 0.15) is 63.5 Å². The van der Waals surface area contributed by atoms with Crippen molar-refractivity contribution in [1.82, 2.24) is 9.80 Å². The number of ether oxygens (including phenoxy) is 2. The molecule has 0 spiro atoms. The molecule has 35 heavy (non-hydrogen) atoms. The van der Waals surface area contributed by atoms with E-state index in [1.807, 2.05) is 27.7 Å². The van der Waals surface area contributed by atoms with Gasteiger partial charge in [0.05, 0.1) is 24.0 Å². The smallest absolute Gasteiger partial charge is 0.238 e. The number of likely N-dealkylation sites (tertiary alicyclic amines) is 2. The minimum absolute atomic E-state index is 0.000179. The summed E-state index contributed by atoms with van der Waals surface area (Å²) in [4.78, 5) is 53.5. The van der Waals surface area contributed by atoms with Crippen LogP contribution in [0.4, 0.5) is 0 Å². The van der Waals surface area contributed by atoms with Gasteiger partial charge in [0.15, 0.2) is 0 Å². The van der Waals surface area contributed by atoms with Gasteiger partial charge < -0.3 is 9.47 Å². The molecule has 2 unspecified atom stereocenters. The lowest BCUT2D eigenvalue weighted by molar-refractivity contribution is -0.147. The van der Waals surface area contributed by atoms with E-state index >= 15 is 0 Å². The molecule has 0 saturated carbocycles. The van der Waals surface area contributed by atoms with Gasteiger partial charge in [-0.25, -0.2) is 0 Å². The van der Waals surface area contributed by atoms with E-state index in [4.69, 9.17) is 9.47 Å². The van der Waals surface area contributed by atoms with E-state index in [1.165, 1.54) is 0 Å². The largest absolute Gasteiger partial charge is 0.491 e. The van der Waals surface area contributed by atoms with Crippen LogP contribution in [-0.2, 0) is 19.2 Å². The van der Waals surface area contributed by atoms with Crippen LogP contribution in [0.2, 0.25) is 0 Å². The van der Waals surface area contributed by atoms with Crippen molar-refractivity contribution in [3.05, 3.63) is 59.7 Å². The Labute approximate surface area is 204 Å². The number of imide groups is 2. The Morgan fingerprint density at radius 3 is 1.31 bits per heavy atom. The molecule has 4 amide bonds. The van der Waals surface area contributed by atoms with Gasteiger partial charge in [-0.2, -0.15) is 0 Å². The van der Waals surface area contributed by atoms with Gasteiger partial charge in [0.2, 0.25) is 23.6 Å². The maximum Gasteiger partial charge on any atom is 0.238 e. The van der Waals surface area contributed by atoms with E-state index in [0.29, 0.717) is 22.6 Å². The number of benzene rings is 2. The minimum Gasteiger partial charge on any atom is -0.491 e. The summed E-state index contributed by atoms with van der Waals surface area (Å²) < 4.78 is 11.3. The number of nitrogens with zero attached hydrogens (tertiary/aromatic N) is 2. The first-order valence-electron chi connectivity index (χ1n) is 11.9. The predicted octanol–water partition coefficient (Wildman–Crippen LogP) is 3.60. The standard InChI is InChI=1S/C27H30N2O6/c1-16(2)34-20-9-5-18(6-10-20)22-13-24(30)28(26(22)32)15-29-25(31)14-23(27(29)33)19-7-11-21(12-8-19)35-17(3)4/h5-12,16-17,22-23H,13-15H2,1-4H3. The maximum absolute atomic E-state index is 13.1. The van der Waals surface area contributed by atoms with Gasteiger partial charge in [-0.15, -0.1) is 0 Å². The summed E-state index contributed by atoms with van der Waals surface area (Å²) in [7, 11) is 0. The molecule has 0 bridgehead atoms. The van der Waals surface area contributed by atoms with Crippen molar-refractivity contribution in [3.63, 3.8) is 0 Å². The predicted molar refractivity (Wildman–Crippen MR) is 128 cm³/mol. The summed E-state index contributed by atoms with van der Waals surface area (Å²) in [5, 5.41) is 0. The maximum atomic E-state index is 13.1. The third-order valence-electron chi connectivity index (χ3n) is 6.08. The highest BCUT2D eigenvalue weighted by Gasteiger charge is 2.45. The lowest BCUT2D eigenvalue weighted by atomic mass is 9.97. The van der Waals surface area contributed by atoms with Crippen LogP contribution in [0.3, 0.4) is 0 Å². The molecule has 8 heteroatoms. The number of hydrogen-bond acceptors (Lipinski definition) is 6. The van der Waals surface area contributed by atoms with Crippen molar-refractivity contribution >= 4 is 23.6 Å². The van der Waals surface area contributed by atoms with E-state index < -0.39 is 35.5 Å². The average Bonchev–Trinajstić information content (AvgIpc) is 3.24. The van der Waals surface area contributed by atoms with Crippen LogP contribution in [0, 0.1) is 0 Å². The van der Waals surface area contributed by atoms with Gasteiger partial charge >= 0.3 is 0 Å². The summed E-state index contributed by atoms with van der Waals surface area (Å²) in [5.41, 5.74) is 1.39. The zero-order valence-electron chi connectivity index (χ0n) is 20.4. The molecule has 2 aliphatic heterocycles. The summed E-state index contributed by atoms with van der Waals surface area (Å²) in [6.45, 7) is 7.34. The van der Waals surface area contributed by atoms with E-state index in [-0.39, 0.29) is 31.7 Å². The van der Waals surface area contributed by atoms with Crippen LogP contribution in [0.15, 0.2) is 48.5 Å². The molecule has 2 atom stereocenters. The Morgan fingerprint density at radius 1 is 0.657 bits per heavy atom. The molecule has 2 aliphatic rings. The van der Waals surface area contributed by atoms with Crippen molar-refractivity contribution < 1.29 is 28.7 Å². The third-order valence-corrected chi connectivity index (χ3v) is 6.08. The molecule has 0 radical (unpaired) electrons. The number of amides is 4.